The summed E-state index contributed by atoms with van der Waals surface area (Å²) in [6.07, 6.45) is 0. The molecule has 0 amide bonds. The van der Waals surface area contributed by atoms with E-state index in [0.29, 0.717) is 16.7 Å². The molecule has 0 spiro atoms. The van der Waals surface area contributed by atoms with E-state index in [1.54, 1.807) is 18.2 Å². The minimum Gasteiger partial charge on any atom is -0.308 e. The Morgan fingerprint density at radius 2 is 0.902 bits per heavy atom. The van der Waals surface area contributed by atoms with Crippen LogP contribution in [0.1, 0.15) is 11.1 Å². The van der Waals surface area contributed by atoms with Crippen molar-refractivity contribution >= 4 is 54.1 Å². The Balaban J connectivity index is 1.69. The lowest BCUT2D eigenvalue weighted by atomic mass is 9.85. The smallest absolute Gasteiger partial charge is 0.0998 e. The van der Waals surface area contributed by atoms with Gasteiger partial charge in [0.25, 0.3) is 0 Å². The second-order valence-electron chi connectivity index (χ2n) is 10.3. The Bertz CT molecular complexity index is 2360. The molecule has 8 aromatic rings. The van der Waals surface area contributed by atoms with Crippen LogP contribution in [0.4, 0.5) is 0 Å². The Hall–Kier alpha value is -5.90. The summed E-state index contributed by atoms with van der Waals surface area (Å²) in [4.78, 5) is 0. The van der Waals surface area contributed by atoms with E-state index in [0.717, 1.165) is 54.6 Å². The molecule has 0 bridgehead atoms. The van der Waals surface area contributed by atoms with E-state index in [1.165, 1.54) is 10.8 Å². The van der Waals surface area contributed by atoms with Crippen LogP contribution in [0.15, 0.2) is 127 Å². The predicted octanol–water partition coefficient (Wildman–Crippen LogP) is 9.65. The molecule has 0 saturated carbocycles. The summed E-state index contributed by atoms with van der Waals surface area (Å²) < 4.78 is 2.38. The van der Waals surface area contributed by atoms with Crippen LogP contribution in [-0.4, -0.2) is 4.57 Å². The van der Waals surface area contributed by atoms with Gasteiger partial charge in [-0.2, -0.15) is 10.5 Å². The molecule has 1 aromatic heterocycles. The first-order chi connectivity index (χ1) is 20.3. The number of rotatable bonds is 2. The summed E-state index contributed by atoms with van der Waals surface area (Å²) in [6, 6.07) is 48.5. The van der Waals surface area contributed by atoms with Crippen molar-refractivity contribution in [3.05, 3.63) is 139 Å². The number of nitriles is 2. The molecule has 3 heteroatoms. The van der Waals surface area contributed by atoms with Crippen LogP contribution in [0.25, 0.3) is 70.9 Å². The van der Waals surface area contributed by atoms with E-state index in [9.17, 15) is 10.5 Å². The molecule has 41 heavy (non-hydrogen) atoms. The molecule has 0 unspecified atom stereocenters. The van der Waals surface area contributed by atoms with Gasteiger partial charge in [-0.25, -0.2) is 0 Å². The van der Waals surface area contributed by atoms with Crippen LogP contribution >= 0.6 is 0 Å². The molecule has 188 valence electrons. The molecular formula is C38H21N3. The molecule has 3 nitrogen and oxygen atoms in total. The van der Waals surface area contributed by atoms with E-state index in [1.807, 2.05) is 12.1 Å². The predicted molar refractivity (Wildman–Crippen MR) is 168 cm³/mol. The van der Waals surface area contributed by atoms with Gasteiger partial charge in [-0.15, -0.1) is 0 Å². The number of hydrogen-bond acceptors (Lipinski definition) is 2. The van der Waals surface area contributed by atoms with Crippen molar-refractivity contribution in [2.75, 3.05) is 0 Å². The van der Waals surface area contributed by atoms with Crippen molar-refractivity contribution in [2.45, 2.75) is 0 Å². The van der Waals surface area contributed by atoms with E-state index in [2.05, 4.69) is 114 Å². The lowest BCUT2D eigenvalue weighted by Crippen LogP contribution is -2.00. The average Bonchev–Trinajstić information content (AvgIpc) is 3.36. The molecule has 0 aliphatic heterocycles. The highest BCUT2D eigenvalue weighted by Gasteiger charge is 2.23. The number of benzene rings is 7. The number of hydrogen-bond donors (Lipinski definition) is 0. The first-order valence-corrected chi connectivity index (χ1v) is 13.6. The highest BCUT2D eigenvalue weighted by molar-refractivity contribution is 6.23. The third-order valence-corrected chi connectivity index (χ3v) is 8.22. The van der Waals surface area contributed by atoms with Gasteiger partial charge in [-0.3, -0.25) is 0 Å². The van der Waals surface area contributed by atoms with Crippen molar-refractivity contribution in [3.8, 4) is 29.0 Å². The van der Waals surface area contributed by atoms with Gasteiger partial charge in [-0.1, -0.05) is 91.0 Å². The van der Waals surface area contributed by atoms with Gasteiger partial charge in [0.2, 0.25) is 0 Å². The minimum atomic E-state index is 0.494. The van der Waals surface area contributed by atoms with Gasteiger partial charge in [0, 0.05) is 32.7 Å². The fourth-order valence-electron chi connectivity index (χ4n) is 6.52. The van der Waals surface area contributed by atoms with Gasteiger partial charge in [0.05, 0.1) is 40.0 Å². The second kappa shape index (κ2) is 8.82. The van der Waals surface area contributed by atoms with E-state index in [4.69, 9.17) is 0 Å². The Morgan fingerprint density at radius 3 is 1.49 bits per heavy atom. The average molecular weight is 520 g/mol. The quantitative estimate of drug-likeness (QED) is 0.214. The lowest BCUT2D eigenvalue weighted by Gasteiger charge is -2.21. The number of nitrogens with zero attached hydrogens (tertiary/aromatic N) is 3. The molecule has 0 aliphatic carbocycles. The normalized spacial score (nSPS) is 11.4. The van der Waals surface area contributed by atoms with E-state index in [-0.39, 0.29) is 0 Å². The van der Waals surface area contributed by atoms with Crippen LogP contribution in [0, 0.1) is 22.7 Å². The zero-order valence-corrected chi connectivity index (χ0v) is 22.0. The van der Waals surface area contributed by atoms with Crippen molar-refractivity contribution in [2.24, 2.45) is 0 Å². The summed E-state index contributed by atoms with van der Waals surface area (Å²) in [6.45, 7) is 0. The highest BCUT2D eigenvalue weighted by atomic mass is 15.0. The maximum Gasteiger partial charge on any atom is 0.0998 e. The monoisotopic (exact) mass is 519 g/mol. The SMILES string of the molecule is N#Cc1cccc(C#N)c1-c1c2ccccc2c(-n2c3ccccc3c3ccccc32)c2cc3ccccc3cc12. The molecule has 0 N–H and O–H groups in total. The zero-order valence-electron chi connectivity index (χ0n) is 22.0. The summed E-state index contributed by atoms with van der Waals surface area (Å²) in [5, 5.41) is 29.2. The first-order valence-electron chi connectivity index (χ1n) is 13.6. The van der Waals surface area contributed by atoms with E-state index < -0.39 is 0 Å². The van der Waals surface area contributed by atoms with Crippen LogP contribution in [0.5, 0.6) is 0 Å². The zero-order chi connectivity index (χ0) is 27.5. The highest BCUT2D eigenvalue weighted by Crippen LogP contribution is 2.46. The summed E-state index contributed by atoms with van der Waals surface area (Å²) >= 11 is 0. The fraction of sp³-hybridized carbons (Fsp3) is 0. The number of para-hydroxylation sites is 2. The van der Waals surface area contributed by atoms with Gasteiger partial charge in [0.1, 0.15) is 0 Å². The standard InChI is InChI=1S/C38H21N3/c39-22-26-12-9-13-27(23-40)36(26)37-30-16-3-4-17-31(30)38(33-21-25-11-2-1-10-24(25)20-32(33)37)41-34-18-7-5-14-28(34)29-15-6-8-19-35(29)41/h1-21H. The van der Waals surface area contributed by atoms with Crippen LogP contribution in [0.2, 0.25) is 0 Å². The third kappa shape index (κ3) is 3.24. The lowest BCUT2D eigenvalue weighted by molar-refractivity contribution is 1.21. The molecule has 0 aliphatic rings. The molecule has 1 heterocycles. The first kappa shape index (κ1) is 23.0. The molecule has 0 radical (unpaired) electrons. The van der Waals surface area contributed by atoms with Crippen molar-refractivity contribution in [1.29, 1.82) is 10.5 Å². The molecule has 8 rings (SSSR count). The third-order valence-electron chi connectivity index (χ3n) is 8.22. The molecule has 7 aromatic carbocycles. The molecule has 0 saturated heterocycles. The van der Waals surface area contributed by atoms with Crippen molar-refractivity contribution < 1.29 is 0 Å². The maximum atomic E-state index is 10.2. The fourth-order valence-corrected chi connectivity index (χ4v) is 6.52. The number of aromatic nitrogens is 1. The van der Waals surface area contributed by atoms with E-state index >= 15 is 0 Å². The molecular weight excluding hydrogens is 498 g/mol. The Kier molecular flexibility index (Phi) is 4.95. The second-order valence-corrected chi connectivity index (χ2v) is 10.3. The summed E-state index contributed by atoms with van der Waals surface area (Å²) in [5.74, 6) is 0. The minimum absolute atomic E-state index is 0.494. The van der Waals surface area contributed by atoms with Gasteiger partial charge >= 0.3 is 0 Å². The van der Waals surface area contributed by atoms with Crippen LogP contribution in [-0.2, 0) is 0 Å². The summed E-state index contributed by atoms with van der Waals surface area (Å²) in [7, 11) is 0. The topological polar surface area (TPSA) is 52.5 Å². The van der Waals surface area contributed by atoms with Gasteiger partial charge < -0.3 is 4.57 Å². The van der Waals surface area contributed by atoms with Crippen LogP contribution < -0.4 is 0 Å². The largest absolute Gasteiger partial charge is 0.308 e. The Labute approximate surface area is 236 Å². The molecule has 0 atom stereocenters. The van der Waals surface area contributed by atoms with Crippen molar-refractivity contribution in [3.63, 3.8) is 0 Å². The summed E-state index contributed by atoms with van der Waals surface area (Å²) in [5.41, 5.74) is 5.95. The molecule has 0 fully saturated rings. The Morgan fingerprint density at radius 1 is 0.415 bits per heavy atom. The van der Waals surface area contributed by atoms with Gasteiger partial charge in [-0.05, 0) is 57.9 Å². The number of fused-ring (bicyclic) bond motifs is 6. The van der Waals surface area contributed by atoms with Gasteiger partial charge in [0.15, 0.2) is 0 Å². The maximum absolute atomic E-state index is 10.2. The van der Waals surface area contributed by atoms with Crippen LogP contribution in [0.3, 0.4) is 0 Å². The van der Waals surface area contributed by atoms with Crippen molar-refractivity contribution in [1.82, 2.24) is 4.57 Å².